The van der Waals surface area contributed by atoms with Crippen molar-refractivity contribution in [1.29, 1.82) is 0 Å². The van der Waals surface area contributed by atoms with Gasteiger partial charge in [-0.2, -0.15) is 0 Å². The van der Waals surface area contributed by atoms with Gasteiger partial charge in [-0.25, -0.2) is 0 Å². The molecule has 2 nitrogen and oxygen atoms in total. The van der Waals surface area contributed by atoms with Gasteiger partial charge in [-0.1, -0.05) is 13.0 Å². The van der Waals surface area contributed by atoms with Crippen molar-refractivity contribution in [1.82, 2.24) is 0 Å². The SMILES string of the molecule is C=C[C@@H](C)CCC(=O)OC. The van der Waals surface area contributed by atoms with E-state index in [1.807, 2.05) is 13.0 Å². The first-order chi connectivity index (χ1) is 4.70. The lowest BCUT2D eigenvalue weighted by atomic mass is 10.1. The molecule has 0 unspecified atom stereocenters. The second kappa shape index (κ2) is 5.03. The number of hydrogen-bond donors (Lipinski definition) is 0. The molecule has 0 aromatic heterocycles. The molecule has 0 saturated heterocycles. The molecule has 0 radical (unpaired) electrons. The molecule has 0 aliphatic rings. The van der Waals surface area contributed by atoms with Crippen LogP contribution in [0.2, 0.25) is 0 Å². The molecule has 1 atom stereocenters. The third-order valence-electron chi connectivity index (χ3n) is 1.43. The molecule has 0 amide bonds. The molecule has 2 heteroatoms. The van der Waals surface area contributed by atoms with Crippen molar-refractivity contribution in [3.8, 4) is 0 Å². The van der Waals surface area contributed by atoms with Gasteiger partial charge in [0.2, 0.25) is 0 Å². The molecule has 0 spiro atoms. The van der Waals surface area contributed by atoms with Gasteiger partial charge in [-0.3, -0.25) is 4.79 Å². The second-order valence-electron chi connectivity index (χ2n) is 2.33. The minimum absolute atomic E-state index is 0.145. The maximum Gasteiger partial charge on any atom is 0.305 e. The average molecular weight is 142 g/mol. The summed E-state index contributed by atoms with van der Waals surface area (Å²) in [5, 5.41) is 0. The van der Waals surface area contributed by atoms with Gasteiger partial charge in [-0.05, 0) is 12.3 Å². The van der Waals surface area contributed by atoms with Crippen LogP contribution in [0, 0.1) is 5.92 Å². The van der Waals surface area contributed by atoms with Crippen molar-refractivity contribution in [3.63, 3.8) is 0 Å². The lowest BCUT2D eigenvalue weighted by Crippen LogP contribution is -2.02. The molecule has 0 aliphatic carbocycles. The zero-order valence-electron chi connectivity index (χ0n) is 6.59. The van der Waals surface area contributed by atoms with Crippen molar-refractivity contribution in [3.05, 3.63) is 12.7 Å². The number of allylic oxidation sites excluding steroid dienone is 1. The van der Waals surface area contributed by atoms with E-state index in [2.05, 4.69) is 11.3 Å². The number of rotatable bonds is 4. The van der Waals surface area contributed by atoms with Crippen LogP contribution in [0.3, 0.4) is 0 Å². The van der Waals surface area contributed by atoms with E-state index in [4.69, 9.17) is 0 Å². The van der Waals surface area contributed by atoms with Crippen LogP contribution in [0.5, 0.6) is 0 Å². The molecular weight excluding hydrogens is 128 g/mol. The summed E-state index contributed by atoms with van der Waals surface area (Å²) in [5.74, 6) is 0.257. The highest BCUT2D eigenvalue weighted by molar-refractivity contribution is 5.69. The van der Waals surface area contributed by atoms with Gasteiger partial charge in [0.1, 0.15) is 0 Å². The van der Waals surface area contributed by atoms with E-state index in [0.29, 0.717) is 12.3 Å². The van der Waals surface area contributed by atoms with Crippen LogP contribution < -0.4 is 0 Å². The van der Waals surface area contributed by atoms with Crippen LogP contribution in [-0.2, 0) is 9.53 Å². The molecule has 0 bridgehead atoms. The van der Waals surface area contributed by atoms with Crippen molar-refractivity contribution in [2.75, 3.05) is 7.11 Å². The predicted molar refractivity (Wildman–Crippen MR) is 40.6 cm³/mol. The zero-order chi connectivity index (χ0) is 7.98. The van der Waals surface area contributed by atoms with E-state index in [-0.39, 0.29) is 5.97 Å². The number of ether oxygens (including phenoxy) is 1. The third-order valence-corrected chi connectivity index (χ3v) is 1.43. The molecule has 0 aromatic carbocycles. The molecular formula is C8H14O2. The van der Waals surface area contributed by atoms with E-state index in [1.54, 1.807) is 0 Å². The highest BCUT2D eigenvalue weighted by atomic mass is 16.5. The lowest BCUT2D eigenvalue weighted by molar-refractivity contribution is -0.140. The van der Waals surface area contributed by atoms with Crippen LogP contribution in [0.1, 0.15) is 19.8 Å². The van der Waals surface area contributed by atoms with E-state index in [0.717, 1.165) is 6.42 Å². The number of hydrogen-bond acceptors (Lipinski definition) is 2. The minimum atomic E-state index is -0.145. The molecule has 0 N–H and O–H groups in total. The minimum Gasteiger partial charge on any atom is -0.469 e. The molecule has 10 heavy (non-hydrogen) atoms. The smallest absolute Gasteiger partial charge is 0.305 e. The first kappa shape index (κ1) is 9.21. The quantitative estimate of drug-likeness (QED) is 0.441. The van der Waals surface area contributed by atoms with E-state index in [9.17, 15) is 4.79 Å². The summed E-state index contributed by atoms with van der Waals surface area (Å²) in [7, 11) is 1.40. The van der Waals surface area contributed by atoms with Gasteiger partial charge in [-0.15, -0.1) is 6.58 Å². The summed E-state index contributed by atoms with van der Waals surface area (Å²) in [6, 6.07) is 0. The average Bonchev–Trinajstić information content (AvgIpc) is 1.99. The summed E-state index contributed by atoms with van der Waals surface area (Å²) in [6.45, 7) is 5.64. The number of carbonyl (C=O) groups is 1. The van der Waals surface area contributed by atoms with E-state index < -0.39 is 0 Å². The van der Waals surface area contributed by atoms with Crippen molar-refractivity contribution in [2.24, 2.45) is 5.92 Å². The molecule has 0 rings (SSSR count). The summed E-state index contributed by atoms with van der Waals surface area (Å²) >= 11 is 0. The highest BCUT2D eigenvalue weighted by Gasteiger charge is 2.02. The number of methoxy groups -OCH3 is 1. The Balaban J connectivity index is 3.34. The normalized spacial score (nSPS) is 12.2. The maximum atomic E-state index is 10.6. The largest absolute Gasteiger partial charge is 0.469 e. The molecule has 58 valence electrons. The monoisotopic (exact) mass is 142 g/mol. The Kier molecular flexibility index (Phi) is 4.63. The van der Waals surface area contributed by atoms with E-state index >= 15 is 0 Å². The van der Waals surface area contributed by atoms with E-state index in [1.165, 1.54) is 7.11 Å². The third kappa shape index (κ3) is 4.13. The van der Waals surface area contributed by atoms with Gasteiger partial charge < -0.3 is 4.74 Å². The Morgan fingerprint density at radius 1 is 1.80 bits per heavy atom. The standard InChI is InChI=1S/C8H14O2/c1-4-7(2)5-6-8(9)10-3/h4,7H,1,5-6H2,2-3H3/t7-/m1/s1. The Hall–Kier alpha value is -0.790. The fourth-order valence-electron chi connectivity index (χ4n) is 0.565. The Morgan fingerprint density at radius 3 is 2.80 bits per heavy atom. The zero-order valence-corrected chi connectivity index (χ0v) is 6.59. The topological polar surface area (TPSA) is 26.3 Å². The molecule has 0 aliphatic heterocycles. The molecule has 0 saturated carbocycles. The number of esters is 1. The van der Waals surface area contributed by atoms with Crippen LogP contribution in [-0.4, -0.2) is 13.1 Å². The number of carbonyl (C=O) groups excluding carboxylic acids is 1. The van der Waals surface area contributed by atoms with Crippen molar-refractivity contribution < 1.29 is 9.53 Å². The van der Waals surface area contributed by atoms with Gasteiger partial charge in [0.15, 0.2) is 0 Å². The lowest BCUT2D eigenvalue weighted by Gasteiger charge is -2.02. The Bertz CT molecular complexity index is 118. The van der Waals surface area contributed by atoms with Crippen molar-refractivity contribution in [2.45, 2.75) is 19.8 Å². The van der Waals surface area contributed by atoms with Gasteiger partial charge >= 0.3 is 5.97 Å². The second-order valence-corrected chi connectivity index (χ2v) is 2.33. The Labute approximate surface area is 61.9 Å². The van der Waals surface area contributed by atoms with Crippen LogP contribution >= 0.6 is 0 Å². The fourth-order valence-corrected chi connectivity index (χ4v) is 0.565. The van der Waals surface area contributed by atoms with Gasteiger partial charge in [0, 0.05) is 6.42 Å². The van der Waals surface area contributed by atoms with Crippen LogP contribution in [0.4, 0.5) is 0 Å². The summed E-state index contributed by atoms with van der Waals surface area (Å²) in [5.41, 5.74) is 0. The fraction of sp³-hybridized carbons (Fsp3) is 0.625. The molecule has 0 aromatic rings. The van der Waals surface area contributed by atoms with Gasteiger partial charge in [0.05, 0.1) is 7.11 Å². The van der Waals surface area contributed by atoms with Gasteiger partial charge in [0.25, 0.3) is 0 Å². The molecule has 0 fully saturated rings. The predicted octanol–water partition coefficient (Wildman–Crippen LogP) is 1.76. The highest BCUT2D eigenvalue weighted by Crippen LogP contribution is 2.05. The summed E-state index contributed by atoms with van der Waals surface area (Å²) < 4.78 is 4.47. The maximum absolute atomic E-state index is 10.6. The van der Waals surface area contributed by atoms with Crippen molar-refractivity contribution >= 4 is 5.97 Å². The first-order valence-corrected chi connectivity index (χ1v) is 3.40. The molecule has 0 heterocycles. The summed E-state index contributed by atoms with van der Waals surface area (Å²) in [6.07, 6.45) is 3.16. The summed E-state index contributed by atoms with van der Waals surface area (Å²) in [4.78, 5) is 10.6. The van der Waals surface area contributed by atoms with Crippen LogP contribution in [0.25, 0.3) is 0 Å². The Morgan fingerprint density at radius 2 is 2.40 bits per heavy atom. The van der Waals surface area contributed by atoms with Crippen LogP contribution in [0.15, 0.2) is 12.7 Å². The first-order valence-electron chi connectivity index (χ1n) is 3.40.